The number of aryl methyl sites for hydroxylation is 2. The number of anilines is 2. The van der Waals surface area contributed by atoms with Gasteiger partial charge in [-0.25, -0.2) is 4.79 Å². The number of carbonyl (C=O) groups is 1. The third kappa shape index (κ3) is 4.20. The molecule has 174 valence electrons. The van der Waals surface area contributed by atoms with Crippen LogP contribution in [0.4, 0.5) is 16.7 Å². The Kier molecular flexibility index (Phi) is 5.92. The number of rotatable bonds is 6. The number of nitrogens with one attached hydrogen (secondary N) is 2. The van der Waals surface area contributed by atoms with Crippen molar-refractivity contribution < 1.29 is 9.53 Å². The molecule has 1 aromatic carbocycles. The number of H-pyrrole nitrogens is 1. The minimum absolute atomic E-state index is 0.00173. The van der Waals surface area contributed by atoms with Gasteiger partial charge in [0.15, 0.2) is 0 Å². The number of hydrogen-bond donors (Lipinski definition) is 2. The third-order valence-electron chi connectivity index (χ3n) is 6.01. The molecule has 0 saturated carbocycles. The highest BCUT2D eigenvalue weighted by Gasteiger charge is 2.37. The van der Waals surface area contributed by atoms with Crippen molar-refractivity contribution >= 4 is 28.8 Å². The summed E-state index contributed by atoms with van der Waals surface area (Å²) in [6, 6.07) is 5.14. The summed E-state index contributed by atoms with van der Waals surface area (Å²) in [6.07, 6.45) is 0.788. The number of benzene rings is 1. The predicted molar refractivity (Wildman–Crippen MR) is 127 cm³/mol. The molecule has 0 spiro atoms. The largest absolute Gasteiger partial charge is 0.496 e. The van der Waals surface area contributed by atoms with Crippen molar-refractivity contribution in [1.82, 2.24) is 24.8 Å². The SMILES string of the molecule is CC[C@H]1CN(C)C(=O)N1c1nc(C)nc(N[C@@H](C)c2cc3cc(C)c(OC)cc3[nH]c2=O)n1. The van der Waals surface area contributed by atoms with Crippen LogP contribution in [0.5, 0.6) is 5.75 Å². The first-order valence-electron chi connectivity index (χ1n) is 11.0. The topological polar surface area (TPSA) is 116 Å². The maximum atomic E-state index is 12.8. The first-order chi connectivity index (χ1) is 15.7. The summed E-state index contributed by atoms with van der Waals surface area (Å²) in [4.78, 5) is 45.0. The van der Waals surface area contributed by atoms with E-state index in [1.165, 1.54) is 0 Å². The van der Waals surface area contributed by atoms with Crippen LogP contribution < -0.4 is 20.5 Å². The lowest BCUT2D eigenvalue weighted by Crippen LogP contribution is -2.36. The number of amides is 2. The Bertz CT molecular complexity index is 1270. The van der Waals surface area contributed by atoms with E-state index in [2.05, 4.69) is 25.3 Å². The zero-order valence-corrected chi connectivity index (χ0v) is 19.8. The van der Waals surface area contributed by atoms with Crippen LogP contribution in [0.1, 0.15) is 43.3 Å². The normalized spacial score (nSPS) is 17.0. The summed E-state index contributed by atoms with van der Waals surface area (Å²) >= 11 is 0. The Hall–Kier alpha value is -3.69. The highest BCUT2D eigenvalue weighted by molar-refractivity contribution is 5.93. The van der Waals surface area contributed by atoms with E-state index in [-0.39, 0.29) is 23.7 Å². The molecule has 2 aromatic heterocycles. The van der Waals surface area contributed by atoms with Crippen molar-refractivity contribution in [2.45, 2.75) is 46.2 Å². The molecule has 10 heteroatoms. The number of nitrogens with zero attached hydrogens (tertiary/aromatic N) is 5. The van der Waals surface area contributed by atoms with Crippen LogP contribution in [-0.2, 0) is 0 Å². The fraction of sp³-hybridized carbons (Fsp3) is 0.435. The Morgan fingerprint density at radius 3 is 2.67 bits per heavy atom. The van der Waals surface area contributed by atoms with Gasteiger partial charge in [0.1, 0.15) is 11.6 Å². The smallest absolute Gasteiger partial charge is 0.327 e. The predicted octanol–water partition coefficient (Wildman–Crippen LogP) is 3.16. The van der Waals surface area contributed by atoms with E-state index < -0.39 is 0 Å². The van der Waals surface area contributed by atoms with Crippen molar-refractivity contribution in [1.29, 1.82) is 0 Å². The number of methoxy groups -OCH3 is 1. The van der Waals surface area contributed by atoms with Crippen LogP contribution >= 0.6 is 0 Å². The monoisotopic (exact) mass is 451 g/mol. The lowest BCUT2D eigenvalue weighted by Gasteiger charge is -2.21. The van der Waals surface area contributed by atoms with Crippen LogP contribution in [0.3, 0.4) is 0 Å². The van der Waals surface area contributed by atoms with E-state index >= 15 is 0 Å². The van der Waals surface area contributed by atoms with Crippen LogP contribution in [-0.4, -0.2) is 57.6 Å². The van der Waals surface area contributed by atoms with Gasteiger partial charge in [0, 0.05) is 25.2 Å². The van der Waals surface area contributed by atoms with E-state index in [0.717, 1.165) is 23.1 Å². The van der Waals surface area contributed by atoms with Crippen LogP contribution in [0.25, 0.3) is 10.9 Å². The molecule has 0 unspecified atom stereocenters. The highest BCUT2D eigenvalue weighted by Crippen LogP contribution is 2.27. The molecule has 3 aromatic rings. The molecular weight excluding hydrogens is 422 g/mol. The van der Waals surface area contributed by atoms with Gasteiger partial charge >= 0.3 is 6.03 Å². The number of fused-ring (bicyclic) bond motifs is 1. The fourth-order valence-corrected chi connectivity index (χ4v) is 4.20. The molecule has 0 bridgehead atoms. The highest BCUT2D eigenvalue weighted by atomic mass is 16.5. The van der Waals surface area contributed by atoms with Gasteiger partial charge in [0.05, 0.1) is 24.7 Å². The minimum Gasteiger partial charge on any atom is -0.496 e. The van der Waals surface area contributed by atoms with Crippen molar-refractivity contribution in [3.8, 4) is 5.75 Å². The number of hydrogen-bond acceptors (Lipinski definition) is 7. The summed E-state index contributed by atoms with van der Waals surface area (Å²) in [6.45, 7) is 8.24. The van der Waals surface area contributed by atoms with Crippen LogP contribution in [0.2, 0.25) is 0 Å². The Morgan fingerprint density at radius 1 is 1.21 bits per heavy atom. The zero-order chi connectivity index (χ0) is 23.9. The molecule has 10 nitrogen and oxygen atoms in total. The molecule has 2 atom stereocenters. The summed E-state index contributed by atoms with van der Waals surface area (Å²) in [5.74, 6) is 1.83. The van der Waals surface area contributed by atoms with Gasteiger partial charge in [0.2, 0.25) is 11.9 Å². The Labute approximate surface area is 192 Å². The average Bonchev–Trinajstić information content (AvgIpc) is 3.06. The summed E-state index contributed by atoms with van der Waals surface area (Å²) in [7, 11) is 3.37. The van der Waals surface area contributed by atoms with Crippen molar-refractivity contribution in [3.63, 3.8) is 0 Å². The summed E-state index contributed by atoms with van der Waals surface area (Å²) in [5, 5.41) is 4.11. The molecular formula is C23H29N7O3. The van der Waals surface area contributed by atoms with Crippen molar-refractivity contribution in [2.75, 3.05) is 30.9 Å². The number of pyridine rings is 1. The second-order valence-corrected chi connectivity index (χ2v) is 8.43. The minimum atomic E-state index is -0.380. The van der Waals surface area contributed by atoms with Crippen LogP contribution in [0, 0.1) is 13.8 Å². The number of carbonyl (C=O) groups excluding carboxylic acids is 1. The molecule has 0 radical (unpaired) electrons. The number of aromatic nitrogens is 4. The molecule has 1 fully saturated rings. The maximum absolute atomic E-state index is 12.8. The van der Waals surface area contributed by atoms with E-state index in [0.29, 0.717) is 35.3 Å². The molecule has 2 N–H and O–H groups in total. The van der Waals surface area contributed by atoms with E-state index in [1.54, 1.807) is 30.9 Å². The Morgan fingerprint density at radius 2 is 1.97 bits per heavy atom. The third-order valence-corrected chi connectivity index (χ3v) is 6.01. The van der Waals surface area contributed by atoms with E-state index in [9.17, 15) is 9.59 Å². The Balaban J connectivity index is 1.66. The van der Waals surface area contributed by atoms with Gasteiger partial charge in [-0.1, -0.05) is 6.92 Å². The van der Waals surface area contributed by atoms with Gasteiger partial charge in [-0.3, -0.25) is 9.69 Å². The number of aromatic amines is 1. The quantitative estimate of drug-likeness (QED) is 0.591. The molecule has 1 saturated heterocycles. The molecule has 4 rings (SSSR count). The lowest BCUT2D eigenvalue weighted by atomic mass is 10.1. The first kappa shape index (κ1) is 22.5. The molecule has 3 heterocycles. The van der Waals surface area contributed by atoms with E-state index in [1.807, 2.05) is 39.0 Å². The van der Waals surface area contributed by atoms with Crippen LogP contribution in [0.15, 0.2) is 23.0 Å². The number of urea groups is 1. The van der Waals surface area contributed by atoms with Gasteiger partial charge < -0.3 is 19.9 Å². The molecule has 1 aliphatic heterocycles. The van der Waals surface area contributed by atoms with Gasteiger partial charge in [-0.15, -0.1) is 0 Å². The maximum Gasteiger partial charge on any atom is 0.327 e. The standard InChI is InChI=1S/C23H29N7O3/c1-7-16-11-29(5)23(32)30(16)22-26-14(4)25-21(28-22)24-13(3)17-9-15-8-12(2)19(33-6)10-18(15)27-20(17)31/h8-10,13,16H,7,11H2,1-6H3,(H,27,31)(H,24,25,26,28)/t13-,16-/m0/s1. The van der Waals surface area contributed by atoms with Gasteiger partial charge in [0.25, 0.3) is 5.56 Å². The molecule has 33 heavy (non-hydrogen) atoms. The number of likely N-dealkylation sites (N-methyl/N-ethyl adjacent to an activating group) is 1. The molecule has 1 aliphatic rings. The van der Waals surface area contributed by atoms with Crippen molar-refractivity contribution in [2.24, 2.45) is 0 Å². The second-order valence-electron chi connectivity index (χ2n) is 8.43. The fourth-order valence-electron chi connectivity index (χ4n) is 4.20. The first-order valence-corrected chi connectivity index (χ1v) is 11.0. The second kappa shape index (κ2) is 8.68. The molecule has 0 aliphatic carbocycles. The average molecular weight is 452 g/mol. The summed E-state index contributed by atoms with van der Waals surface area (Å²) in [5.41, 5.74) is 2.03. The van der Waals surface area contributed by atoms with Gasteiger partial charge in [-0.2, -0.15) is 15.0 Å². The zero-order valence-electron chi connectivity index (χ0n) is 19.8. The lowest BCUT2D eigenvalue weighted by molar-refractivity contribution is 0.229. The summed E-state index contributed by atoms with van der Waals surface area (Å²) < 4.78 is 5.36. The van der Waals surface area contributed by atoms with Crippen molar-refractivity contribution in [3.05, 3.63) is 45.5 Å². The van der Waals surface area contributed by atoms with Gasteiger partial charge in [-0.05, 0) is 50.3 Å². The number of ether oxygens (including phenoxy) is 1. The molecule has 2 amide bonds. The van der Waals surface area contributed by atoms with E-state index in [4.69, 9.17) is 4.74 Å².